The van der Waals surface area contributed by atoms with Gasteiger partial charge < -0.3 is 10.2 Å². The summed E-state index contributed by atoms with van der Waals surface area (Å²) in [6.45, 7) is 3.62. The van der Waals surface area contributed by atoms with Crippen LogP contribution in [0.3, 0.4) is 0 Å². The van der Waals surface area contributed by atoms with Crippen molar-refractivity contribution in [3.63, 3.8) is 0 Å². The van der Waals surface area contributed by atoms with Crippen LogP contribution in [-0.2, 0) is 20.9 Å². The van der Waals surface area contributed by atoms with Crippen molar-refractivity contribution in [3.8, 4) is 0 Å². The number of anilines is 2. The summed E-state index contributed by atoms with van der Waals surface area (Å²) >= 11 is 0. The zero-order valence-electron chi connectivity index (χ0n) is 18.8. The van der Waals surface area contributed by atoms with Crippen molar-refractivity contribution in [2.24, 2.45) is 0 Å². The van der Waals surface area contributed by atoms with Crippen molar-refractivity contribution < 1.29 is 14.4 Å². The highest BCUT2D eigenvalue weighted by atomic mass is 16.2. The number of carbonyl (C=O) groups excluding carboxylic acids is 3. The van der Waals surface area contributed by atoms with E-state index < -0.39 is 0 Å². The Hall–Kier alpha value is -4.19. The molecule has 166 valence electrons. The summed E-state index contributed by atoms with van der Waals surface area (Å²) in [4.78, 5) is 41.5. The number of rotatable bonds is 6. The zero-order chi connectivity index (χ0) is 23.5. The second-order valence-corrected chi connectivity index (χ2v) is 8.06. The van der Waals surface area contributed by atoms with E-state index in [1.165, 1.54) is 11.8 Å². The lowest BCUT2D eigenvalue weighted by Gasteiger charge is -2.21. The molecule has 0 aromatic heterocycles. The van der Waals surface area contributed by atoms with Crippen LogP contribution in [0, 0.1) is 6.92 Å². The fraction of sp³-hybridized carbons (Fsp3) is 0.148. The van der Waals surface area contributed by atoms with Crippen LogP contribution in [0.2, 0.25) is 0 Å². The predicted molar refractivity (Wildman–Crippen MR) is 129 cm³/mol. The molecule has 0 radical (unpaired) electrons. The number of amides is 3. The van der Waals surface area contributed by atoms with Gasteiger partial charge in [-0.25, -0.2) is 0 Å². The van der Waals surface area contributed by atoms with Crippen LogP contribution in [0.5, 0.6) is 0 Å². The molecule has 33 heavy (non-hydrogen) atoms. The minimum Gasteiger partial charge on any atom is -0.339 e. The monoisotopic (exact) mass is 439 g/mol. The van der Waals surface area contributed by atoms with E-state index in [2.05, 4.69) is 5.32 Å². The molecular formula is C27H25N3O3. The minimum atomic E-state index is -0.342. The largest absolute Gasteiger partial charge is 0.339 e. The molecule has 3 amide bonds. The molecule has 0 spiro atoms. The number of carbonyl (C=O) groups is 3. The van der Waals surface area contributed by atoms with E-state index in [9.17, 15) is 14.4 Å². The maximum absolute atomic E-state index is 13.5. The van der Waals surface area contributed by atoms with Gasteiger partial charge >= 0.3 is 0 Å². The second-order valence-electron chi connectivity index (χ2n) is 8.06. The van der Waals surface area contributed by atoms with Gasteiger partial charge in [-0.15, -0.1) is 0 Å². The van der Waals surface area contributed by atoms with Crippen molar-refractivity contribution in [2.45, 2.75) is 20.4 Å². The standard InChI is InChI=1S/C27H25N3O3/c1-18-9-11-20(12-10-18)17-30-26(32)24(21-13-15-22(16-14-21)28-19(2)31)25(27(30)33)29(3)23-7-5-4-6-8-23/h4-16H,17H2,1-3H3,(H,28,31). The van der Waals surface area contributed by atoms with Crippen molar-refractivity contribution in [3.05, 3.63) is 101 Å². The fourth-order valence-corrected chi connectivity index (χ4v) is 3.86. The van der Waals surface area contributed by atoms with Gasteiger partial charge in [-0.05, 0) is 42.3 Å². The average Bonchev–Trinajstić information content (AvgIpc) is 3.05. The maximum atomic E-state index is 13.5. The predicted octanol–water partition coefficient (Wildman–Crippen LogP) is 4.37. The normalized spacial score (nSPS) is 13.5. The van der Waals surface area contributed by atoms with Gasteiger partial charge in [-0.2, -0.15) is 0 Å². The third kappa shape index (κ3) is 4.55. The van der Waals surface area contributed by atoms with E-state index in [-0.39, 0.29) is 24.3 Å². The highest BCUT2D eigenvalue weighted by molar-refractivity contribution is 6.36. The first-order valence-electron chi connectivity index (χ1n) is 10.7. The molecule has 0 unspecified atom stereocenters. The van der Waals surface area contributed by atoms with Gasteiger partial charge in [0.25, 0.3) is 11.8 Å². The number of hydrogen-bond donors (Lipinski definition) is 1. The molecule has 4 rings (SSSR count). The quantitative estimate of drug-likeness (QED) is 0.579. The van der Waals surface area contributed by atoms with E-state index in [0.717, 1.165) is 16.8 Å². The summed E-state index contributed by atoms with van der Waals surface area (Å²) < 4.78 is 0. The molecule has 3 aromatic carbocycles. The molecular weight excluding hydrogens is 414 g/mol. The summed E-state index contributed by atoms with van der Waals surface area (Å²) in [5.74, 6) is -0.860. The summed E-state index contributed by atoms with van der Waals surface area (Å²) in [6.07, 6.45) is 0. The van der Waals surface area contributed by atoms with Crippen LogP contribution < -0.4 is 10.2 Å². The number of nitrogens with zero attached hydrogens (tertiary/aromatic N) is 2. The SMILES string of the molecule is CC(=O)Nc1ccc(C2=C(N(C)c3ccccc3)C(=O)N(Cc3ccc(C)cc3)C2=O)cc1. The summed E-state index contributed by atoms with van der Waals surface area (Å²) in [5.41, 5.74) is 4.70. The molecule has 0 atom stereocenters. The molecule has 1 aliphatic rings. The lowest BCUT2D eigenvalue weighted by molar-refractivity contribution is -0.137. The Kier molecular flexibility index (Phi) is 6.09. The third-order valence-electron chi connectivity index (χ3n) is 5.58. The number of likely N-dealkylation sites (N-methyl/N-ethyl adjacent to an activating group) is 1. The van der Waals surface area contributed by atoms with Crippen molar-refractivity contribution >= 4 is 34.7 Å². The van der Waals surface area contributed by atoms with Gasteiger partial charge in [0.1, 0.15) is 5.70 Å². The molecule has 0 saturated heterocycles. The molecule has 1 heterocycles. The second kappa shape index (κ2) is 9.12. The Morgan fingerprint density at radius 1 is 0.879 bits per heavy atom. The van der Waals surface area contributed by atoms with E-state index in [0.29, 0.717) is 22.5 Å². The van der Waals surface area contributed by atoms with Gasteiger partial charge in [0.05, 0.1) is 12.1 Å². The molecule has 0 saturated carbocycles. The molecule has 0 bridgehead atoms. The van der Waals surface area contributed by atoms with Gasteiger partial charge in [0.2, 0.25) is 5.91 Å². The van der Waals surface area contributed by atoms with Crippen LogP contribution in [0.25, 0.3) is 5.57 Å². The summed E-state index contributed by atoms with van der Waals surface area (Å²) in [5, 5.41) is 2.72. The Labute approximate surface area is 193 Å². The molecule has 6 heteroatoms. The van der Waals surface area contributed by atoms with E-state index >= 15 is 0 Å². The minimum absolute atomic E-state index is 0.178. The van der Waals surface area contributed by atoms with Crippen molar-refractivity contribution in [1.29, 1.82) is 0 Å². The Morgan fingerprint density at radius 3 is 2.12 bits per heavy atom. The number of para-hydroxylation sites is 1. The number of benzene rings is 3. The number of imide groups is 1. The van der Waals surface area contributed by atoms with Crippen LogP contribution in [0.15, 0.2) is 84.6 Å². The fourth-order valence-electron chi connectivity index (χ4n) is 3.86. The smallest absolute Gasteiger partial charge is 0.278 e. The van der Waals surface area contributed by atoms with Gasteiger partial charge in [0, 0.05) is 25.3 Å². The maximum Gasteiger partial charge on any atom is 0.278 e. The van der Waals surface area contributed by atoms with E-state index in [4.69, 9.17) is 0 Å². The summed E-state index contributed by atoms with van der Waals surface area (Å²) in [6, 6.07) is 24.2. The number of hydrogen-bond acceptors (Lipinski definition) is 4. The number of nitrogens with one attached hydrogen (secondary N) is 1. The summed E-state index contributed by atoms with van der Waals surface area (Å²) in [7, 11) is 1.79. The topological polar surface area (TPSA) is 69.7 Å². The molecule has 1 N–H and O–H groups in total. The third-order valence-corrected chi connectivity index (χ3v) is 5.58. The lowest BCUT2D eigenvalue weighted by atomic mass is 10.0. The highest BCUT2D eigenvalue weighted by Gasteiger charge is 2.41. The Balaban J connectivity index is 1.75. The van der Waals surface area contributed by atoms with Gasteiger partial charge in [-0.3, -0.25) is 19.3 Å². The first-order chi connectivity index (χ1) is 15.8. The lowest BCUT2D eigenvalue weighted by Crippen LogP contribution is -2.33. The van der Waals surface area contributed by atoms with Crippen LogP contribution in [-0.4, -0.2) is 29.7 Å². The van der Waals surface area contributed by atoms with Crippen molar-refractivity contribution in [2.75, 3.05) is 17.3 Å². The molecule has 0 aliphatic carbocycles. The van der Waals surface area contributed by atoms with Crippen LogP contribution in [0.4, 0.5) is 11.4 Å². The first-order valence-corrected chi connectivity index (χ1v) is 10.7. The molecule has 6 nitrogen and oxygen atoms in total. The Bertz CT molecular complexity index is 1230. The average molecular weight is 440 g/mol. The van der Waals surface area contributed by atoms with E-state index in [1.807, 2.05) is 61.5 Å². The van der Waals surface area contributed by atoms with Gasteiger partial charge in [0.15, 0.2) is 0 Å². The zero-order valence-corrected chi connectivity index (χ0v) is 18.8. The first kappa shape index (κ1) is 22.0. The van der Waals surface area contributed by atoms with E-state index in [1.54, 1.807) is 36.2 Å². The molecule has 0 fully saturated rings. The highest BCUT2D eigenvalue weighted by Crippen LogP contribution is 2.34. The van der Waals surface area contributed by atoms with Crippen LogP contribution >= 0.6 is 0 Å². The molecule has 1 aliphatic heterocycles. The number of aryl methyl sites for hydroxylation is 1. The van der Waals surface area contributed by atoms with Crippen molar-refractivity contribution in [1.82, 2.24) is 4.90 Å². The van der Waals surface area contributed by atoms with Gasteiger partial charge in [-0.1, -0.05) is 60.2 Å². The molecule has 3 aromatic rings. The van der Waals surface area contributed by atoms with Crippen LogP contribution in [0.1, 0.15) is 23.6 Å². The Morgan fingerprint density at radius 2 is 1.52 bits per heavy atom.